The summed E-state index contributed by atoms with van der Waals surface area (Å²) in [5.41, 5.74) is 3.86. The zero-order valence-electron chi connectivity index (χ0n) is 61.2. The van der Waals surface area contributed by atoms with Crippen LogP contribution in [0.25, 0.3) is 21.5 Å². The Morgan fingerprint density at radius 2 is 0.409 bits per heavy atom. The van der Waals surface area contributed by atoms with Gasteiger partial charge in [-0.2, -0.15) is 0 Å². The average molecular weight is 1450 g/mol. The smallest absolute Gasteiger partial charge is 0.744 e. The van der Waals surface area contributed by atoms with E-state index in [1.54, 1.807) is 12.1 Å². The summed E-state index contributed by atoms with van der Waals surface area (Å²) in [6.07, 6.45) is 77.6. The molecule has 6 nitrogen and oxygen atoms in total. The molecule has 0 radical (unpaired) electrons. The van der Waals surface area contributed by atoms with Gasteiger partial charge in [-0.3, -0.25) is 0 Å². The van der Waals surface area contributed by atoms with E-state index in [9.17, 15) is 25.9 Å². The molecule has 0 N–H and O–H groups in total. The van der Waals surface area contributed by atoms with Crippen molar-refractivity contribution >= 4 is 90.7 Å². The minimum absolute atomic E-state index is 0. The fourth-order valence-electron chi connectivity index (χ4n) is 14.0. The van der Waals surface area contributed by atoms with Crippen LogP contribution in [0, 0.1) is 0 Å². The number of unbranched alkanes of at least 4 members (excludes halogenated alkanes) is 52. The molecule has 0 aliphatic heterocycles. The SMILES string of the molecule is CCCCCCCCCCCCCCCCc1ccc2cc(CCCCCCCCCCCCCCCC)c(S(=O)(=O)[O-])cc2c1.CCCCCCCCCCCCCCCCc1ccc2cc(CCCCCCCCCCCCCCCC)c(S(=O)(=O)[O-])cc2c1.[Ba+2]. The van der Waals surface area contributed by atoms with Crippen molar-refractivity contribution in [3.63, 3.8) is 0 Å². The average Bonchev–Trinajstić information content (AvgIpc) is 0.829. The molecular weight excluding hydrogens is 1310 g/mol. The number of rotatable bonds is 62. The molecule has 0 amide bonds. The van der Waals surface area contributed by atoms with Gasteiger partial charge in [-0.05, 0) is 119 Å². The van der Waals surface area contributed by atoms with Gasteiger partial charge in [0, 0.05) is 0 Å². The minimum Gasteiger partial charge on any atom is -0.744 e. The van der Waals surface area contributed by atoms with Crippen molar-refractivity contribution in [1.29, 1.82) is 0 Å². The standard InChI is InChI=1S/2C42H72O3S.Ba/c2*1-3-5-7-9-11-13-15-17-19-21-23-25-27-29-31-38-33-34-39-36-40(42(46(43,44)45)37-41(39)35-38)32-30-28-26-24-22-20-18-16-14-12-10-8-6-4-2;/h2*33-37H,3-32H2,1-2H3,(H,43,44,45);/q;;+2/p-2. The molecule has 0 aromatic heterocycles. The van der Waals surface area contributed by atoms with Crippen molar-refractivity contribution in [2.45, 2.75) is 423 Å². The van der Waals surface area contributed by atoms with Crippen molar-refractivity contribution in [3.8, 4) is 0 Å². The Morgan fingerprint density at radius 3 is 0.602 bits per heavy atom. The summed E-state index contributed by atoms with van der Waals surface area (Å²) in [6.45, 7) is 9.10. The molecule has 9 heteroatoms. The van der Waals surface area contributed by atoms with Crippen LogP contribution >= 0.6 is 0 Å². The Kier molecular flexibility index (Phi) is 56.4. The number of hydrogen-bond donors (Lipinski definition) is 0. The Morgan fingerprint density at radius 1 is 0.226 bits per heavy atom. The van der Waals surface area contributed by atoms with E-state index in [2.05, 4.69) is 64.1 Å². The van der Waals surface area contributed by atoms with Gasteiger partial charge in [-0.25, -0.2) is 16.8 Å². The fraction of sp³-hybridized carbons (Fsp3) is 0.762. The van der Waals surface area contributed by atoms with Crippen molar-refractivity contribution < 1.29 is 25.9 Å². The van der Waals surface area contributed by atoms with Crippen LogP contribution in [0.1, 0.15) is 410 Å². The number of fused-ring (bicyclic) bond motifs is 2. The van der Waals surface area contributed by atoms with Crippen LogP contribution in [0.4, 0.5) is 0 Å². The van der Waals surface area contributed by atoms with Crippen molar-refractivity contribution in [1.82, 2.24) is 0 Å². The van der Waals surface area contributed by atoms with Gasteiger partial charge in [0.25, 0.3) is 0 Å². The molecule has 0 fully saturated rings. The van der Waals surface area contributed by atoms with Gasteiger partial charge in [0.2, 0.25) is 0 Å². The van der Waals surface area contributed by atoms with Crippen molar-refractivity contribution in [3.05, 3.63) is 82.9 Å². The summed E-state index contributed by atoms with van der Waals surface area (Å²) in [4.78, 5) is -0.0216. The largest absolute Gasteiger partial charge is 2.00 e. The maximum atomic E-state index is 12.2. The van der Waals surface area contributed by atoms with E-state index >= 15 is 0 Å². The molecule has 0 aliphatic rings. The van der Waals surface area contributed by atoms with Gasteiger partial charge in [0.15, 0.2) is 0 Å². The molecule has 4 aromatic carbocycles. The van der Waals surface area contributed by atoms with E-state index in [0.717, 1.165) is 72.9 Å². The predicted molar refractivity (Wildman–Crippen MR) is 406 cm³/mol. The van der Waals surface area contributed by atoms with Crippen molar-refractivity contribution in [2.75, 3.05) is 0 Å². The van der Waals surface area contributed by atoms with Crippen LogP contribution in [0.5, 0.6) is 0 Å². The van der Waals surface area contributed by atoms with E-state index in [0.29, 0.717) is 24.0 Å². The summed E-state index contributed by atoms with van der Waals surface area (Å²) in [5, 5.41) is 3.83. The van der Waals surface area contributed by atoms with Crippen LogP contribution < -0.4 is 0 Å². The van der Waals surface area contributed by atoms with E-state index in [1.165, 1.54) is 332 Å². The number of aryl methyl sites for hydroxylation is 4. The fourth-order valence-corrected chi connectivity index (χ4v) is 15.5. The van der Waals surface area contributed by atoms with Gasteiger partial charge < -0.3 is 9.11 Å². The molecule has 0 saturated carbocycles. The second-order valence-electron chi connectivity index (χ2n) is 28.6. The molecule has 0 atom stereocenters. The van der Waals surface area contributed by atoms with E-state index < -0.39 is 20.2 Å². The summed E-state index contributed by atoms with van der Waals surface area (Å²) < 4.78 is 73.2. The Balaban J connectivity index is 0.000000627. The van der Waals surface area contributed by atoms with Crippen LogP contribution in [0.3, 0.4) is 0 Å². The first-order valence-corrected chi connectivity index (χ1v) is 42.8. The quantitative estimate of drug-likeness (QED) is 0.0247. The molecule has 0 spiro atoms. The van der Waals surface area contributed by atoms with Crippen LogP contribution in [0.2, 0.25) is 0 Å². The summed E-state index contributed by atoms with van der Waals surface area (Å²) in [7, 11) is -9.00. The number of hydrogen-bond acceptors (Lipinski definition) is 6. The first-order chi connectivity index (χ1) is 44.9. The van der Waals surface area contributed by atoms with Gasteiger partial charge in [-0.15, -0.1) is 0 Å². The predicted octanol–water partition coefficient (Wildman–Crippen LogP) is 27.2. The van der Waals surface area contributed by atoms with Gasteiger partial charge in [0.1, 0.15) is 20.2 Å². The van der Waals surface area contributed by atoms with Crippen LogP contribution in [0.15, 0.2) is 70.5 Å². The molecule has 4 rings (SSSR count). The van der Waals surface area contributed by atoms with Gasteiger partial charge >= 0.3 is 48.9 Å². The molecule has 528 valence electrons. The normalized spacial score (nSPS) is 11.8. The monoisotopic (exact) mass is 1450 g/mol. The summed E-state index contributed by atoms with van der Waals surface area (Å²) >= 11 is 0. The Hall–Kier alpha value is -1.21. The third-order valence-corrected chi connectivity index (χ3v) is 21.8. The molecule has 0 unspecified atom stereocenters. The molecule has 4 aromatic rings. The van der Waals surface area contributed by atoms with E-state index in [-0.39, 0.29) is 58.7 Å². The van der Waals surface area contributed by atoms with Gasteiger partial charge in [0.05, 0.1) is 9.79 Å². The summed E-state index contributed by atoms with van der Waals surface area (Å²) in [5.74, 6) is 0. The Labute approximate surface area is 616 Å². The number of benzene rings is 4. The first-order valence-electron chi connectivity index (χ1n) is 39.9. The molecular formula is C84H142BaO6S2. The van der Waals surface area contributed by atoms with E-state index in [1.807, 2.05) is 12.1 Å². The second-order valence-corrected chi connectivity index (χ2v) is 31.3. The maximum absolute atomic E-state index is 12.2. The van der Waals surface area contributed by atoms with E-state index in [4.69, 9.17) is 0 Å². The van der Waals surface area contributed by atoms with Gasteiger partial charge in [-0.1, -0.05) is 398 Å². The molecule has 0 saturated heterocycles. The third-order valence-electron chi connectivity index (χ3n) is 19.9. The zero-order chi connectivity index (χ0) is 66.3. The topological polar surface area (TPSA) is 114 Å². The second kappa shape index (κ2) is 59.6. The zero-order valence-corrected chi connectivity index (χ0v) is 67.2. The van der Waals surface area contributed by atoms with Crippen LogP contribution in [-0.2, 0) is 45.9 Å². The maximum Gasteiger partial charge on any atom is 2.00 e. The third kappa shape index (κ3) is 46.0. The Bertz CT molecular complexity index is 2430. The molecule has 0 heterocycles. The minimum atomic E-state index is -4.50. The first kappa shape index (κ1) is 87.9. The van der Waals surface area contributed by atoms with Crippen molar-refractivity contribution in [2.24, 2.45) is 0 Å². The van der Waals surface area contributed by atoms with Crippen LogP contribution in [-0.4, -0.2) is 74.8 Å². The molecule has 0 bridgehead atoms. The summed E-state index contributed by atoms with van der Waals surface area (Å²) in [6, 6.07) is 20.0. The molecule has 0 aliphatic carbocycles. The molecule has 93 heavy (non-hydrogen) atoms.